The van der Waals surface area contributed by atoms with Gasteiger partial charge in [-0.25, -0.2) is 8.78 Å². The third-order valence-electron chi connectivity index (χ3n) is 2.92. The normalized spacial score (nSPS) is 32.6. The maximum Gasteiger partial charge on any atom is 0.209 e. The summed E-state index contributed by atoms with van der Waals surface area (Å²) in [7, 11) is 2.40. The summed E-state index contributed by atoms with van der Waals surface area (Å²) in [5.41, 5.74) is 4.02. The summed E-state index contributed by atoms with van der Waals surface area (Å²) in [5.74, 6) is 0. The average Bonchev–Trinajstić information content (AvgIpc) is 2.20. The number of hydrogen-bond acceptors (Lipinski definition) is 3. The van der Waals surface area contributed by atoms with Crippen LogP contribution in [0.1, 0.15) is 12.8 Å². The Labute approximate surface area is 98.5 Å². The van der Waals surface area contributed by atoms with Crippen LogP contribution in [0.15, 0.2) is 0 Å². The first-order valence-corrected chi connectivity index (χ1v) is 5.27. The Kier molecular flexibility index (Phi) is 4.40. The van der Waals surface area contributed by atoms with Crippen LogP contribution in [0.3, 0.4) is 0 Å². The smallest absolute Gasteiger partial charge is 0.209 e. The zero-order chi connectivity index (χ0) is 12.3. The molecule has 4 nitrogen and oxygen atoms in total. The monoisotopic (exact) mass is 254 g/mol. The van der Waals surface area contributed by atoms with Gasteiger partial charge in [-0.3, -0.25) is 0 Å². The summed E-state index contributed by atoms with van der Waals surface area (Å²) in [5, 5.41) is 2.88. The second-order valence-electron chi connectivity index (χ2n) is 3.95. The van der Waals surface area contributed by atoms with Crippen molar-refractivity contribution in [2.45, 2.75) is 31.6 Å². The minimum absolute atomic E-state index is 0.124. The van der Waals surface area contributed by atoms with E-state index in [0.717, 1.165) is 0 Å². The summed E-state index contributed by atoms with van der Waals surface area (Å²) in [6.45, 7) is 0. The molecule has 3 N–H and O–H groups in total. The molecule has 0 aromatic carbocycles. The summed E-state index contributed by atoms with van der Waals surface area (Å²) in [6.07, 6.45) is -2.94. The lowest BCUT2D eigenvalue weighted by Gasteiger charge is -2.49. The van der Waals surface area contributed by atoms with E-state index in [1.807, 2.05) is 0 Å². The Hall–Kier alpha value is -0.530. The predicted octanol–water partition coefficient (Wildman–Crippen LogP) is 0.852. The first-order chi connectivity index (χ1) is 7.46. The lowest BCUT2D eigenvalue weighted by atomic mass is 9.65. The highest BCUT2D eigenvalue weighted by Crippen LogP contribution is 2.49. The second-order valence-corrected chi connectivity index (χ2v) is 4.39. The molecule has 0 aromatic heterocycles. The predicted molar refractivity (Wildman–Crippen MR) is 59.2 cm³/mol. The van der Waals surface area contributed by atoms with Crippen molar-refractivity contribution < 1.29 is 18.3 Å². The molecule has 0 spiro atoms. The topological polar surface area (TPSA) is 56.5 Å². The van der Waals surface area contributed by atoms with Crippen LogP contribution in [0.2, 0.25) is 0 Å². The number of hydrogen-bond donors (Lipinski definition) is 2. The number of nitrogens with one attached hydrogen (secondary N) is 1. The molecule has 0 bridgehead atoms. The van der Waals surface area contributed by atoms with Gasteiger partial charge in [-0.1, -0.05) is 0 Å². The average molecular weight is 254 g/mol. The molecular weight excluding hydrogens is 238 g/mol. The van der Waals surface area contributed by atoms with E-state index >= 15 is 0 Å². The number of nitrogens with two attached hydrogens (primary N) is 1. The van der Waals surface area contributed by atoms with Crippen LogP contribution in [-0.4, -0.2) is 38.1 Å². The van der Waals surface area contributed by atoms with Gasteiger partial charge in [0, 0.05) is 20.3 Å². The van der Waals surface area contributed by atoms with E-state index in [-0.39, 0.29) is 24.0 Å². The van der Waals surface area contributed by atoms with E-state index in [1.54, 1.807) is 0 Å². The molecule has 0 amide bonds. The van der Waals surface area contributed by atoms with Crippen molar-refractivity contribution in [3.8, 4) is 0 Å². The van der Waals surface area contributed by atoms with Crippen LogP contribution in [-0.2, 0) is 9.47 Å². The van der Waals surface area contributed by atoms with Crippen LogP contribution < -0.4 is 11.1 Å². The number of rotatable bonds is 5. The van der Waals surface area contributed by atoms with E-state index in [9.17, 15) is 8.78 Å². The summed E-state index contributed by atoms with van der Waals surface area (Å²) >= 11 is 4.65. The second kappa shape index (κ2) is 5.20. The van der Waals surface area contributed by atoms with Gasteiger partial charge in [0.1, 0.15) is 0 Å². The van der Waals surface area contributed by atoms with Crippen molar-refractivity contribution in [2.75, 3.05) is 14.2 Å². The van der Waals surface area contributed by atoms with Crippen LogP contribution in [0.4, 0.5) is 8.78 Å². The fourth-order valence-corrected chi connectivity index (χ4v) is 2.27. The molecule has 0 heterocycles. The molecule has 1 aliphatic rings. The van der Waals surface area contributed by atoms with Crippen LogP contribution >= 0.6 is 12.2 Å². The first-order valence-electron chi connectivity index (χ1n) is 4.86. The highest BCUT2D eigenvalue weighted by molar-refractivity contribution is 7.80. The molecular formula is C9H16F2N2O2S. The summed E-state index contributed by atoms with van der Waals surface area (Å²) in [6, 6.07) is -0.126. The largest absolute Gasteiger partial charge is 0.376 e. The summed E-state index contributed by atoms with van der Waals surface area (Å²) in [4.78, 5) is 0. The molecule has 1 rings (SSSR count). The highest BCUT2D eigenvalue weighted by atomic mass is 32.1. The van der Waals surface area contributed by atoms with Crippen molar-refractivity contribution >= 4 is 17.3 Å². The van der Waals surface area contributed by atoms with Gasteiger partial charge >= 0.3 is 0 Å². The van der Waals surface area contributed by atoms with Gasteiger partial charge in [0.2, 0.25) is 12.7 Å². The molecule has 94 valence electrons. The third kappa shape index (κ3) is 2.41. The number of halogens is 2. The van der Waals surface area contributed by atoms with Crippen molar-refractivity contribution in [3.05, 3.63) is 0 Å². The Morgan fingerprint density at radius 2 is 1.81 bits per heavy atom. The van der Waals surface area contributed by atoms with Crippen molar-refractivity contribution in [3.63, 3.8) is 0 Å². The minimum atomic E-state index is -1.70. The van der Waals surface area contributed by atoms with Gasteiger partial charge in [-0.15, -0.1) is 0 Å². The minimum Gasteiger partial charge on any atom is -0.376 e. The van der Waals surface area contributed by atoms with Crippen LogP contribution in [0.5, 0.6) is 0 Å². The zero-order valence-electron chi connectivity index (χ0n) is 9.20. The maximum absolute atomic E-state index is 13.5. The third-order valence-corrected chi connectivity index (χ3v) is 3.04. The van der Waals surface area contributed by atoms with Gasteiger partial charge in [0.15, 0.2) is 5.11 Å². The molecule has 16 heavy (non-hydrogen) atoms. The molecule has 1 aliphatic carbocycles. The van der Waals surface area contributed by atoms with E-state index in [1.165, 1.54) is 14.2 Å². The lowest BCUT2D eigenvalue weighted by molar-refractivity contribution is -0.237. The number of alkyl halides is 2. The van der Waals surface area contributed by atoms with Crippen molar-refractivity contribution in [1.29, 1.82) is 0 Å². The summed E-state index contributed by atoms with van der Waals surface area (Å²) < 4.78 is 36.2. The Balaban J connectivity index is 2.62. The molecule has 2 atom stereocenters. The molecule has 1 saturated carbocycles. The number of thiocarbonyl (C=S) groups is 1. The van der Waals surface area contributed by atoms with Crippen molar-refractivity contribution in [2.24, 2.45) is 11.1 Å². The van der Waals surface area contributed by atoms with Gasteiger partial charge in [-0.2, -0.15) is 0 Å². The molecule has 0 aliphatic heterocycles. The Morgan fingerprint density at radius 1 is 1.38 bits per heavy atom. The van der Waals surface area contributed by atoms with Crippen molar-refractivity contribution in [1.82, 2.24) is 5.32 Å². The molecule has 7 heteroatoms. The quantitative estimate of drug-likeness (QED) is 0.712. The number of methoxy groups -OCH3 is 2. The zero-order valence-corrected chi connectivity index (χ0v) is 10.0. The van der Waals surface area contributed by atoms with E-state index in [2.05, 4.69) is 27.0 Å². The SMILES string of the molecule is COC(F)C1(C(F)OC)CC(NC(N)=S)C1. The maximum atomic E-state index is 13.5. The van der Waals surface area contributed by atoms with E-state index in [0.29, 0.717) is 0 Å². The molecule has 2 unspecified atom stereocenters. The van der Waals surface area contributed by atoms with Crippen LogP contribution in [0, 0.1) is 5.41 Å². The van der Waals surface area contributed by atoms with Gasteiger partial charge in [0.25, 0.3) is 0 Å². The standard InChI is InChI=1S/C9H16F2N2O2S/c1-14-6(10)9(7(11)15-2)3-5(4-9)13-8(12)16/h5-7H,3-4H2,1-2H3,(H3,12,13,16). The van der Waals surface area contributed by atoms with Crippen LogP contribution in [0.25, 0.3) is 0 Å². The van der Waals surface area contributed by atoms with E-state index < -0.39 is 18.1 Å². The van der Waals surface area contributed by atoms with Gasteiger partial charge in [0.05, 0.1) is 5.41 Å². The van der Waals surface area contributed by atoms with Gasteiger partial charge in [-0.05, 0) is 25.1 Å². The lowest BCUT2D eigenvalue weighted by Crippen LogP contribution is -2.60. The Morgan fingerprint density at radius 3 is 2.12 bits per heavy atom. The molecule has 1 fully saturated rings. The Bertz CT molecular complexity index is 250. The highest BCUT2D eigenvalue weighted by Gasteiger charge is 2.57. The first kappa shape index (κ1) is 13.5. The van der Waals surface area contributed by atoms with Gasteiger partial charge < -0.3 is 20.5 Å². The fraction of sp³-hybridized carbons (Fsp3) is 0.889. The van der Waals surface area contributed by atoms with E-state index in [4.69, 9.17) is 5.73 Å². The molecule has 0 saturated heterocycles. The molecule has 0 aromatic rings. The number of ether oxygens (including phenoxy) is 2. The fourth-order valence-electron chi connectivity index (χ4n) is 2.10. The molecule has 0 radical (unpaired) electrons.